The molecule has 0 bridgehead atoms. The third-order valence-corrected chi connectivity index (χ3v) is 3.36. The molecule has 1 rings (SSSR count). The zero-order chi connectivity index (χ0) is 13.6. The lowest BCUT2D eigenvalue weighted by atomic mass is 9.80. The van der Waals surface area contributed by atoms with E-state index in [0.29, 0.717) is 25.9 Å². The van der Waals surface area contributed by atoms with Crippen molar-refractivity contribution in [2.75, 3.05) is 19.6 Å². The molecular weight excluding hydrogens is 281 g/mol. The maximum atomic E-state index is 12.6. The lowest BCUT2D eigenvalue weighted by Gasteiger charge is -2.29. The van der Waals surface area contributed by atoms with E-state index < -0.39 is 18.0 Å². The topological polar surface area (TPSA) is 41.1 Å². The minimum Gasteiger partial charge on any atom is -0.355 e. The maximum absolute atomic E-state index is 12.6. The number of carbonyl (C=O) groups is 1. The zero-order valence-corrected chi connectivity index (χ0v) is 11.9. The zero-order valence-electron chi connectivity index (χ0n) is 11.1. The van der Waals surface area contributed by atoms with Gasteiger partial charge in [-0.2, -0.15) is 13.2 Å². The Bertz CT molecular complexity index is 274. The Morgan fingerprint density at radius 2 is 1.95 bits per heavy atom. The van der Waals surface area contributed by atoms with Crippen molar-refractivity contribution in [3.05, 3.63) is 0 Å². The Balaban J connectivity index is 0.00000324. The first-order valence-electron chi connectivity index (χ1n) is 6.50. The van der Waals surface area contributed by atoms with Crippen LogP contribution >= 0.6 is 12.4 Å². The van der Waals surface area contributed by atoms with Crippen molar-refractivity contribution in [3.63, 3.8) is 0 Å². The first-order chi connectivity index (χ1) is 8.45. The molecule has 0 spiro atoms. The van der Waals surface area contributed by atoms with Crippen LogP contribution in [0.3, 0.4) is 0 Å². The lowest BCUT2D eigenvalue weighted by molar-refractivity contribution is -0.186. The Morgan fingerprint density at radius 3 is 2.53 bits per heavy atom. The lowest BCUT2D eigenvalue weighted by Crippen LogP contribution is -2.39. The molecule has 1 saturated carbocycles. The van der Waals surface area contributed by atoms with Gasteiger partial charge in [0.1, 0.15) is 0 Å². The molecule has 2 N–H and O–H groups in total. The van der Waals surface area contributed by atoms with Gasteiger partial charge in [-0.25, -0.2) is 0 Å². The summed E-state index contributed by atoms with van der Waals surface area (Å²) in [6, 6.07) is 0. The highest BCUT2D eigenvalue weighted by Crippen LogP contribution is 2.39. The number of halogens is 4. The van der Waals surface area contributed by atoms with Crippen molar-refractivity contribution in [1.29, 1.82) is 0 Å². The van der Waals surface area contributed by atoms with Crippen LogP contribution in [0.4, 0.5) is 13.2 Å². The molecule has 7 heteroatoms. The molecule has 0 heterocycles. The summed E-state index contributed by atoms with van der Waals surface area (Å²) in [5, 5.41) is 5.74. The Morgan fingerprint density at radius 1 is 1.26 bits per heavy atom. The Hall–Kier alpha value is -0.490. The van der Waals surface area contributed by atoms with Gasteiger partial charge in [-0.3, -0.25) is 4.79 Å². The van der Waals surface area contributed by atoms with E-state index in [1.165, 1.54) is 0 Å². The summed E-state index contributed by atoms with van der Waals surface area (Å²) in [5.74, 6) is -2.02. The van der Waals surface area contributed by atoms with Gasteiger partial charge >= 0.3 is 6.18 Å². The van der Waals surface area contributed by atoms with Gasteiger partial charge in [0.05, 0.1) is 5.92 Å². The first-order valence-corrected chi connectivity index (χ1v) is 6.50. The molecule has 0 aromatic rings. The molecule has 1 amide bonds. The number of hydrogen-bond donors (Lipinski definition) is 2. The molecule has 2 unspecified atom stereocenters. The summed E-state index contributed by atoms with van der Waals surface area (Å²) in [6.45, 7) is 3.89. The number of hydrogen-bond acceptors (Lipinski definition) is 2. The van der Waals surface area contributed by atoms with Gasteiger partial charge in [0, 0.05) is 19.0 Å². The molecule has 0 aromatic carbocycles. The van der Waals surface area contributed by atoms with Gasteiger partial charge in [-0.1, -0.05) is 13.3 Å². The minimum absolute atomic E-state index is 0. The van der Waals surface area contributed by atoms with Crippen LogP contribution < -0.4 is 10.6 Å². The fraction of sp³-hybridized carbons (Fsp3) is 0.917. The van der Waals surface area contributed by atoms with E-state index in [1.54, 1.807) is 0 Å². The van der Waals surface area contributed by atoms with Gasteiger partial charge in [0.2, 0.25) is 5.91 Å². The number of alkyl halides is 3. The second-order valence-electron chi connectivity index (χ2n) is 4.75. The number of likely N-dealkylation sites (N-methyl/N-ethyl adjacent to an activating group) is 1. The van der Waals surface area contributed by atoms with Crippen molar-refractivity contribution < 1.29 is 18.0 Å². The molecule has 114 valence electrons. The van der Waals surface area contributed by atoms with Crippen molar-refractivity contribution in [1.82, 2.24) is 10.6 Å². The van der Waals surface area contributed by atoms with E-state index in [2.05, 4.69) is 10.6 Å². The van der Waals surface area contributed by atoms with Crippen LogP contribution in [-0.2, 0) is 4.79 Å². The summed E-state index contributed by atoms with van der Waals surface area (Å²) in [4.78, 5) is 11.7. The summed E-state index contributed by atoms with van der Waals surface area (Å²) >= 11 is 0. The van der Waals surface area contributed by atoms with Crippen LogP contribution in [0, 0.1) is 11.8 Å². The number of carbonyl (C=O) groups excluding carboxylic acids is 1. The molecule has 1 fully saturated rings. The summed E-state index contributed by atoms with van der Waals surface area (Å²) in [6.07, 6.45) is -3.01. The fourth-order valence-corrected chi connectivity index (χ4v) is 2.32. The van der Waals surface area contributed by atoms with E-state index in [9.17, 15) is 18.0 Å². The third-order valence-electron chi connectivity index (χ3n) is 3.36. The van der Waals surface area contributed by atoms with Gasteiger partial charge in [-0.15, -0.1) is 12.4 Å². The number of rotatable bonds is 5. The largest absolute Gasteiger partial charge is 0.391 e. The monoisotopic (exact) mass is 302 g/mol. The van der Waals surface area contributed by atoms with Crippen LogP contribution in [0.25, 0.3) is 0 Å². The molecule has 0 aromatic heterocycles. The van der Waals surface area contributed by atoms with Crippen molar-refractivity contribution in [2.45, 2.75) is 38.8 Å². The van der Waals surface area contributed by atoms with E-state index in [4.69, 9.17) is 0 Å². The number of nitrogens with one attached hydrogen (secondary N) is 2. The molecular formula is C12H22ClF3N2O. The summed E-state index contributed by atoms with van der Waals surface area (Å²) in [5.41, 5.74) is 0. The molecule has 2 atom stereocenters. The fourth-order valence-electron chi connectivity index (χ4n) is 2.32. The smallest absolute Gasteiger partial charge is 0.355 e. The van der Waals surface area contributed by atoms with Gasteiger partial charge < -0.3 is 10.6 Å². The van der Waals surface area contributed by atoms with Crippen molar-refractivity contribution in [3.8, 4) is 0 Å². The molecule has 0 saturated heterocycles. The van der Waals surface area contributed by atoms with Crippen molar-refractivity contribution >= 4 is 18.3 Å². The van der Waals surface area contributed by atoms with Gasteiger partial charge in [0.15, 0.2) is 0 Å². The average molecular weight is 303 g/mol. The highest BCUT2D eigenvalue weighted by Gasteiger charge is 2.43. The van der Waals surface area contributed by atoms with E-state index in [-0.39, 0.29) is 31.2 Å². The predicted octanol–water partition coefficient (Wildman–Crippen LogP) is 2.50. The highest BCUT2D eigenvalue weighted by atomic mass is 35.5. The van der Waals surface area contributed by atoms with Crippen LogP contribution in [0.2, 0.25) is 0 Å². The quantitative estimate of drug-likeness (QED) is 0.766. The Kier molecular flexibility index (Phi) is 8.41. The molecule has 19 heavy (non-hydrogen) atoms. The molecule has 1 aliphatic rings. The second kappa shape index (κ2) is 8.64. The molecule has 0 aliphatic heterocycles. The number of amides is 1. The maximum Gasteiger partial charge on any atom is 0.391 e. The summed E-state index contributed by atoms with van der Waals surface area (Å²) < 4.78 is 37.8. The standard InChI is InChI=1S/C12H21F3N2O.ClH/c1-2-16-6-7-17-11(18)9-4-3-5-10(8-9)12(13,14)15;/h9-10,16H,2-8H2,1H3,(H,17,18);1H. The van der Waals surface area contributed by atoms with E-state index in [1.807, 2.05) is 6.92 Å². The predicted molar refractivity (Wildman–Crippen MR) is 70.3 cm³/mol. The first kappa shape index (κ1) is 18.5. The normalized spacial score (nSPS) is 23.6. The van der Waals surface area contributed by atoms with E-state index >= 15 is 0 Å². The molecule has 0 radical (unpaired) electrons. The van der Waals surface area contributed by atoms with Gasteiger partial charge in [0.25, 0.3) is 0 Å². The van der Waals surface area contributed by atoms with Crippen LogP contribution in [0.15, 0.2) is 0 Å². The average Bonchev–Trinajstić information content (AvgIpc) is 2.33. The highest BCUT2D eigenvalue weighted by molar-refractivity contribution is 5.85. The Labute approximate surface area is 118 Å². The third kappa shape index (κ3) is 6.47. The minimum atomic E-state index is -4.16. The molecule has 1 aliphatic carbocycles. The van der Waals surface area contributed by atoms with E-state index in [0.717, 1.165) is 6.54 Å². The SMILES string of the molecule is CCNCCNC(=O)C1CCCC(C(F)(F)F)C1.Cl. The van der Waals surface area contributed by atoms with Crippen LogP contribution in [0.5, 0.6) is 0 Å². The van der Waals surface area contributed by atoms with Crippen molar-refractivity contribution in [2.24, 2.45) is 11.8 Å². The second-order valence-corrected chi connectivity index (χ2v) is 4.75. The van der Waals surface area contributed by atoms with Crippen LogP contribution in [0.1, 0.15) is 32.6 Å². The molecule has 3 nitrogen and oxygen atoms in total. The van der Waals surface area contributed by atoms with Gasteiger partial charge in [-0.05, 0) is 25.8 Å². The summed E-state index contributed by atoms with van der Waals surface area (Å²) in [7, 11) is 0. The van der Waals surface area contributed by atoms with Crippen LogP contribution in [-0.4, -0.2) is 31.7 Å².